The Balaban J connectivity index is 1.41. The molecule has 0 spiro atoms. The number of hydrogen-bond acceptors (Lipinski definition) is 6. The number of carbonyl (C=O) groups is 2. The lowest BCUT2D eigenvalue weighted by atomic mass is 9.91. The molecule has 3 atom stereocenters. The Hall–Kier alpha value is -3.81. The van der Waals surface area contributed by atoms with Crippen LogP contribution in [-0.2, 0) is 15.1 Å². The molecule has 37 heavy (non-hydrogen) atoms. The lowest BCUT2D eigenvalue weighted by molar-refractivity contribution is -0.134. The number of nitrogens with one attached hydrogen (secondary N) is 1. The third kappa shape index (κ3) is 4.45. The molecule has 1 fully saturated rings. The van der Waals surface area contributed by atoms with E-state index >= 15 is 0 Å². The smallest absolute Gasteiger partial charge is 0.257 e. The van der Waals surface area contributed by atoms with Gasteiger partial charge in [-0.25, -0.2) is 4.99 Å². The van der Waals surface area contributed by atoms with Crippen molar-refractivity contribution in [1.29, 1.82) is 0 Å². The molecule has 1 unspecified atom stereocenters. The Morgan fingerprint density at radius 2 is 1.95 bits per heavy atom. The van der Waals surface area contributed by atoms with E-state index in [1.165, 1.54) is 0 Å². The fourth-order valence-electron chi connectivity index (χ4n) is 5.43. The molecule has 0 radical (unpaired) electrons. The molecule has 2 aliphatic heterocycles. The van der Waals surface area contributed by atoms with Crippen LogP contribution in [0.25, 0.3) is 11.1 Å². The number of pyridine rings is 1. The Labute approximate surface area is 217 Å². The van der Waals surface area contributed by atoms with Gasteiger partial charge in [0.25, 0.3) is 5.91 Å². The van der Waals surface area contributed by atoms with Gasteiger partial charge in [0.2, 0.25) is 5.91 Å². The summed E-state index contributed by atoms with van der Waals surface area (Å²) in [6, 6.07) is 13.4. The second kappa shape index (κ2) is 9.57. The van der Waals surface area contributed by atoms with Crippen molar-refractivity contribution in [3.8, 4) is 11.1 Å². The minimum atomic E-state index is -1.06. The van der Waals surface area contributed by atoms with Crippen molar-refractivity contribution in [1.82, 2.24) is 20.4 Å². The molecule has 0 aliphatic carbocycles. The Bertz CT molecular complexity index is 1360. The van der Waals surface area contributed by atoms with Crippen LogP contribution >= 0.6 is 0 Å². The fraction of sp³-hybridized carbons (Fsp3) is 0.414. The molecule has 0 saturated carbocycles. The zero-order valence-electron chi connectivity index (χ0n) is 22.0. The highest BCUT2D eigenvalue weighted by molar-refractivity contribution is 6.11. The van der Waals surface area contributed by atoms with Crippen LogP contribution in [0.15, 0.2) is 58.2 Å². The second-order valence-electron chi connectivity index (χ2n) is 10.5. The summed E-state index contributed by atoms with van der Waals surface area (Å²) in [7, 11) is 0. The monoisotopic (exact) mass is 499 g/mol. The first-order valence-electron chi connectivity index (χ1n) is 12.9. The van der Waals surface area contributed by atoms with Crippen LogP contribution in [-0.4, -0.2) is 45.3 Å². The molecule has 5 rings (SSSR count). The van der Waals surface area contributed by atoms with Gasteiger partial charge in [0.05, 0.1) is 11.7 Å². The van der Waals surface area contributed by atoms with E-state index in [1.807, 2.05) is 82.0 Å². The van der Waals surface area contributed by atoms with Crippen molar-refractivity contribution in [3.05, 3.63) is 71.4 Å². The van der Waals surface area contributed by atoms with Crippen LogP contribution in [0.3, 0.4) is 0 Å². The van der Waals surface area contributed by atoms with Crippen LogP contribution in [0.4, 0.5) is 0 Å². The van der Waals surface area contributed by atoms with Crippen LogP contribution < -0.4 is 5.32 Å². The number of aliphatic imine (C=N–C) groups is 1. The molecule has 4 heterocycles. The van der Waals surface area contributed by atoms with Crippen molar-refractivity contribution >= 4 is 17.6 Å². The van der Waals surface area contributed by atoms with Crippen molar-refractivity contribution in [2.24, 2.45) is 10.9 Å². The molecular weight excluding hydrogens is 466 g/mol. The first kappa shape index (κ1) is 24.9. The topological polar surface area (TPSA) is 101 Å². The van der Waals surface area contributed by atoms with Crippen LogP contribution in [0.1, 0.15) is 62.2 Å². The van der Waals surface area contributed by atoms with Crippen LogP contribution in [0.2, 0.25) is 0 Å². The molecule has 1 saturated heterocycles. The maximum absolute atomic E-state index is 13.7. The van der Waals surface area contributed by atoms with Gasteiger partial charge in [-0.3, -0.25) is 14.6 Å². The summed E-state index contributed by atoms with van der Waals surface area (Å²) in [5.41, 5.74) is 3.54. The number of aromatic nitrogens is 2. The van der Waals surface area contributed by atoms with E-state index in [-0.39, 0.29) is 23.8 Å². The summed E-state index contributed by atoms with van der Waals surface area (Å²) in [4.78, 5) is 38.1. The number of carbonyl (C=O) groups excluding carboxylic acids is 2. The van der Waals surface area contributed by atoms with E-state index in [4.69, 9.17) is 9.52 Å². The van der Waals surface area contributed by atoms with Gasteiger partial charge in [0.15, 0.2) is 5.54 Å². The van der Waals surface area contributed by atoms with E-state index in [1.54, 1.807) is 6.20 Å². The molecule has 2 amide bonds. The molecule has 3 aromatic rings. The van der Waals surface area contributed by atoms with Gasteiger partial charge < -0.3 is 14.7 Å². The molecule has 8 heteroatoms. The highest BCUT2D eigenvalue weighted by atomic mass is 16.5. The minimum Gasteiger partial charge on any atom is -0.360 e. The molecule has 2 aliphatic rings. The predicted octanol–water partition coefficient (Wildman–Crippen LogP) is 4.53. The largest absolute Gasteiger partial charge is 0.360 e. The fourth-order valence-corrected chi connectivity index (χ4v) is 5.43. The maximum Gasteiger partial charge on any atom is 0.257 e. The first-order chi connectivity index (χ1) is 17.7. The zero-order chi connectivity index (χ0) is 26.3. The van der Waals surface area contributed by atoms with Gasteiger partial charge >= 0.3 is 0 Å². The van der Waals surface area contributed by atoms with E-state index in [9.17, 15) is 9.59 Å². The van der Waals surface area contributed by atoms with Gasteiger partial charge in [-0.1, -0.05) is 49.3 Å². The lowest BCUT2D eigenvalue weighted by Gasteiger charge is -2.29. The quantitative estimate of drug-likeness (QED) is 0.537. The summed E-state index contributed by atoms with van der Waals surface area (Å²) in [5, 5.41) is 7.00. The summed E-state index contributed by atoms with van der Waals surface area (Å²) in [6.45, 7) is 10.3. The standard InChI is InChI=1S/C29H33N5O3/c1-17(2)25(24-16-18(3)33-37-24)27(35)34-15-7-9-23(34)26-31-28(36)29(5,32-26)21-12-10-20(11-13-21)22-8-6-14-30-19(22)4/h6,8,10-14,16-17,23,25H,7,9,15H2,1-5H3,(H,31,32,36)/t23-,25?,29+/m0/s1. The van der Waals surface area contributed by atoms with E-state index in [2.05, 4.69) is 15.5 Å². The molecular formula is C29H33N5O3. The SMILES string of the molecule is Cc1cc(C(C(=O)N2CCC[C@H]2C2=N[C@](C)(c3ccc(-c4cccnc4C)cc3)C(=O)N2)C(C)C)on1. The van der Waals surface area contributed by atoms with Gasteiger partial charge in [-0.15, -0.1) is 0 Å². The summed E-state index contributed by atoms with van der Waals surface area (Å²) in [6.07, 6.45) is 3.38. The van der Waals surface area contributed by atoms with Gasteiger partial charge in [-0.2, -0.15) is 0 Å². The maximum atomic E-state index is 13.7. The summed E-state index contributed by atoms with van der Waals surface area (Å²) < 4.78 is 5.48. The molecule has 0 bridgehead atoms. The number of nitrogens with zero attached hydrogens (tertiary/aromatic N) is 4. The number of hydrogen-bond donors (Lipinski definition) is 1. The van der Waals surface area contributed by atoms with E-state index < -0.39 is 11.5 Å². The van der Waals surface area contributed by atoms with Crippen molar-refractivity contribution < 1.29 is 14.1 Å². The molecule has 2 aromatic heterocycles. The van der Waals surface area contributed by atoms with Crippen molar-refractivity contribution in [2.75, 3.05) is 6.54 Å². The molecule has 1 aromatic carbocycles. The second-order valence-corrected chi connectivity index (χ2v) is 10.5. The Kier molecular flexibility index (Phi) is 6.43. The Morgan fingerprint density at radius 3 is 2.59 bits per heavy atom. The van der Waals surface area contributed by atoms with E-state index in [0.29, 0.717) is 18.1 Å². The first-order valence-corrected chi connectivity index (χ1v) is 12.9. The van der Waals surface area contributed by atoms with Gasteiger partial charge in [-0.05, 0) is 56.7 Å². The minimum absolute atomic E-state index is 0.0182. The van der Waals surface area contributed by atoms with Crippen LogP contribution in [0, 0.1) is 19.8 Å². The third-order valence-electron chi connectivity index (χ3n) is 7.53. The number of rotatable bonds is 6. The number of aryl methyl sites for hydroxylation is 2. The molecule has 192 valence electrons. The zero-order valence-corrected chi connectivity index (χ0v) is 22.0. The van der Waals surface area contributed by atoms with Crippen molar-refractivity contribution in [2.45, 2.75) is 65.0 Å². The average Bonchev–Trinajstić information content (AvgIpc) is 3.59. The number of amidine groups is 1. The normalized spacial score (nSPS) is 22.3. The van der Waals surface area contributed by atoms with Gasteiger partial charge in [0.1, 0.15) is 17.5 Å². The van der Waals surface area contributed by atoms with Crippen molar-refractivity contribution in [3.63, 3.8) is 0 Å². The summed E-state index contributed by atoms with van der Waals surface area (Å²) >= 11 is 0. The third-order valence-corrected chi connectivity index (χ3v) is 7.53. The molecule has 1 N–H and O–H groups in total. The number of likely N-dealkylation sites (tertiary alicyclic amines) is 1. The van der Waals surface area contributed by atoms with Gasteiger partial charge in [0, 0.05) is 30.1 Å². The van der Waals surface area contributed by atoms with E-state index in [0.717, 1.165) is 40.9 Å². The predicted molar refractivity (Wildman–Crippen MR) is 141 cm³/mol. The number of amides is 2. The lowest BCUT2D eigenvalue weighted by Crippen LogP contribution is -2.48. The average molecular weight is 500 g/mol. The number of benzene rings is 1. The highest BCUT2D eigenvalue weighted by Crippen LogP contribution is 2.35. The summed E-state index contributed by atoms with van der Waals surface area (Å²) in [5.74, 6) is 0.535. The Morgan fingerprint density at radius 1 is 1.19 bits per heavy atom. The highest BCUT2D eigenvalue weighted by Gasteiger charge is 2.46. The molecule has 8 nitrogen and oxygen atoms in total. The van der Waals surface area contributed by atoms with Crippen LogP contribution in [0.5, 0.6) is 0 Å².